The van der Waals surface area contributed by atoms with E-state index >= 15 is 0 Å². The second-order valence-electron chi connectivity index (χ2n) is 9.06. The molecule has 0 saturated heterocycles. The van der Waals surface area contributed by atoms with E-state index in [2.05, 4.69) is 15.7 Å². The minimum atomic E-state index is -0.425. The predicted molar refractivity (Wildman–Crippen MR) is 134 cm³/mol. The topological polar surface area (TPSA) is 96.3 Å². The average molecular weight is 474 g/mol. The fourth-order valence-corrected chi connectivity index (χ4v) is 4.47. The molecule has 8 nitrogen and oxygen atoms in total. The average Bonchev–Trinajstić information content (AvgIpc) is 3.18. The first-order chi connectivity index (χ1) is 16.7. The zero-order valence-electron chi connectivity index (χ0n) is 20.6. The summed E-state index contributed by atoms with van der Waals surface area (Å²) in [6.07, 6.45) is 1.69. The van der Waals surface area contributed by atoms with E-state index in [-0.39, 0.29) is 24.3 Å². The molecule has 2 N–H and O–H groups in total. The van der Waals surface area contributed by atoms with Crippen LogP contribution < -0.4 is 15.5 Å². The molecule has 35 heavy (non-hydrogen) atoms. The monoisotopic (exact) mass is 473 g/mol. The van der Waals surface area contributed by atoms with Crippen LogP contribution in [0.3, 0.4) is 0 Å². The number of benzene rings is 2. The molecule has 0 fully saturated rings. The van der Waals surface area contributed by atoms with Gasteiger partial charge in [0.25, 0.3) is 11.8 Å². The fraction of sp³-hybridized carbons (Fsp3) is 0.333. The van der Waals surface area contributed by atoms with Crippen molar-refractivity contribution in [3.8, 4) is 0 Å². The highest BCUT2D eigenvalue weighted by molar-refractivity contribution is 5.97. The Labute approximate surface area is 205 Å². The van der Waals surface area contributed by atoms with Crippen molar-refractivity contribution in [3.05, 3.63) is 82.2 Å². The van der Waals surface area contributed by atoms with E-state index in [4.69, 9.17) is 0 Å². The van der Waals surface area contributed by atoms with Crippen molar-refractivity contribution in [1.82, 2.24) is 20.4 Å². The number of fused-ring (bicyclic) bond motifs is 1. The van der Waals surface area contributed by atoms with Crippen LogP contribution in [0, 0.1) is 13.8 Å². The molecule has 1 aromatic heterocycles. The minimum Gasteiger partial charge on any atom is -0.348 e. The van der Waals surface area contributed by atoms with Crippen molar-refractivity contribution < 1.29 is 14.4 Å². The molecular formula is C27H31N5O3. The van der Waals surface area contributed by atoms with Gasteiger partial charge in [-0.15, -0.1) is 0 Å². The van der Waals surface area contributed by atoms with Crippen LogP contribution in [-0.2, 0) is 18.3 Å². The maximum absolute atomic E-state index is 13.3. The summed E-state index contributed by atoms with van der Waals surface area (Å²) in [4.78, 5) is 39.7. The van der Waals surface area contributed by atoms with Gasteiger partial charge in [-0.25, -0.2) is 0 Å². The molecule has 0 aliphatic carbocycles. The van der Waals surface area contributed by atoms with Gasteiger partial charge in [-0.3, -0.25) is 19.1 Å². The second kappa shape index (κ2) is 10.1. The van der Waals surface area contributed by atoms with Crippen molar-refractivity contribution in [2.75, 3.05) is 18.0 Å². The Hall–Kier alpha value is -3.94. The Bertz CT molecular complexity index is 1260. The van der Waals surface area contributed by atoms with Gasteiger partial charge in [0.05, 0.1) is 11.7 Å². The van der Waals surface area contributed by atoms with Crippen molar-refractivity contribution in [3.63, 3.8) is 0 Å². The largest absolute Gasteiger partial charge is 0.348 e. The maximum Gasteiger partial charge on any atom is 0.269 e. The number of rotatable bonds is 6. The third-order valence-electron chi connectivity index (χ3n) is 6.33. The summed E-state index contributed by atoms with van der Waals surface area (Å²) in [5, 5.41) is 10.2. The summed E-state index contributed by atoms with van der Waals surface area (Å²) in [6, 6.07) is 14.6. The van der Waals surface area contributed by atoms with Gasteiger partial charge in [0.15, 0.2) is 0 Å². The lowest BCUT2D eigenvalue weighted by Gasteiger charge is -2.29. The number of nitrogens with one attached hydrogen (secondary N) is 2. The van der Waals surface area contributed by atoms with Crippen LogP contribution in [0.2, 0.25) is 0 Å². The lowest BCUT2D eigenvalue weighted by Crippen LogP contribution is -2.38. The third-order valence-corrected chi connectivity index (χ3v) is 6.33. The van der Waals surface area contributed by atoms with E-state index in [0.29, 0.717) is 17.8 Å². The number of anilines is 1. The smallest absolute Gasteiger partial charge is 0.269 e. The zero-order valence-corrected chi connectivity index (χ0v) is 20.6. The summed E-state index contributed by atoms with van der Waals surface area (Å²) < 4.78 is 1.54. The summed E-state index contributed by atoms with van der Waals surface area (Å²) in [6.45, 7) is 6.31. The molecule has 2 heterocycles. The van der Waals surface area contributed by atoms with E-state index in [0.717, 1.165) is 40.9 Å². The van der Waals surface area contributed by atoms with Crippen LogP contribution in [0.5, 0.6) is 0 Å². The molecule has 4 rings (SSSR count). The second-order valence-corrected chi connectivity index (χ2v) is 9.06. The van der Waals surface area contributed by atoms with Gasteiger partial charge in [0, 0.05) is 38.3 Å². The van der Waals surface area contributed by atoms with Crippen LogP contribution in [0.4, 0.5) is 5.69 Å². The van der Waals surface area contributed by atoms with Crippen LogP contribution in [0.15, 0.2) is 48.5 Å². The molecule has 0 radical (unpaired) electrons. The highest BCUT2D eigenvalue weighted by atomic mass is 16.2. The van der Waals surface area contributed by atoms with E-state index < -0.39 is 6.04 Å². The van der Waals surface area contributed by atoms with E-state index in [1.807, 2.05) is 50.2 Å². The number of amides is 3. The quantitative estimate of drug-likeness (QED) is 0.575. The molecule has 182 valence electrons. The van der Waals surface area contributed by atoms with Crippen molar-refractivity contribution >= 4 is 23.4 Å². The molecule has 3 aromatic rings. The van der Waals surface area contributed by atoms with Crippen molar-refractivity contribution in [2.45, 2.75) is 39.7 Å². The number of aryl methyl sites for hydroxylation is 4. The Morgan fingerprint density at radius 2 is 1.77 bits per heavy atom. The van der Waals surface area contributed by atoms with Gasteiger partial charge < -0.3 is 15.5 Å². The molecule has 1 unspecified atom stereocenters. The van der Waals surface area contributed by atoms with E-state index in [1.54, 1.807) is 35.7 Å². The van der Waals surface area contributed by atoms with Crippen LogP contribution in [0.25, 0.3) is 0 Å². The Morgan fingerprint density at radius 3 is 2.43 bits per heavy atom. The van der Waals surface area contributed by atoms with E-state index in [1.165, 1.54) is 0 Å². The summed E-state index contributed by atoms with van der Waals surface area (Å²) in [5.41, 5.74) is 5.61. The Morgan fingerprint density at radius 1 is 1.03 bits per heavy atom. The predicted octanol–water partition coefficient (Wildman–Crippen LogP) is 3.24. The first-order valence-corrected chi connectivity index (χ1v) is 11.8. The molecule has 8 heteroatoms. The first kappa shape index (κ1) is 24.2. The lowest BCUT2D eigenvalue weighted by atomic mass is 9.98. The number of carbonyl (C=O) groups is 3. The third kappa shape index (κ3) is 5.42. The SMILES string of the molecule is CC(=O)N1CCCc2cc(C(=O)NC(CNC(=O)c3cc(C)nn3C)c3ccc(C)cc3)ccc21. The molecule has 0 saturated carbocycles. The number of hydrogen-bond donors (Lipinski definition) is 2. The number of nitrogens with zero attached hydrogens (tertiary/aromatic N) is 3. The zero-order chi connectivity index (χ0) is 25.1. The summed E-state index contributed by atoms with van der Waals surface area (Å²) >= 11 is 0. The van der Waals surface area contributed by atoms with Crippen LogP contribution >= 0.6 is 0 Å². The van der Waals surface area contributed by atoms with Gasteiger partial charge in [-0.05, 0) is 62.1 Å². The van der Waals surface area contributed by atoms with Gasteiger partial charge in [0.1, 0.15) is 5.69 Å². The standard InChI is InChI=1S/C27H31N5O3/c1-17-7-9-20(10-8-17)23(16-28-27(35)25-14-18(2)30-31(25)4)29-26(34)22-11-12-24-21(15-22)6-5-13-32(24)19(3)33/h7-12,14-15,23H,5-6,13,16H2,1-4H3,(H,28,35)(H,29,34). The molecule has 0 spiro atoms. The van der Waals surface area contributed by atoms with Gasteiger partial charge in [-0.2, -0.15) is 5.10 Å². The molecule has 2 aromatic carbocycles. The van der Waals surface area contributed by atoms with Crippen LogP contribution in [-0.4, -0.2) is 40.6 Å². The fourth-order valence-electron chi connectivity index (χ4n) is 4.47. The van der Waals surface area contributed by atoms with Crippen molar-refractivity contribution in [1.29, 1.82) is 0 Å². The Kier molecular flexibility index (Phi) is 7.00. The normalized spacial score (nSPS) is 13.7. The molecule has 1 aliphatic rings. The number of hydrogen-bond acceptors (Lipinski definition) is 4. The van der Waals surface area contributed by atoms with Gasteiger partial charge in [-0.1, -0.05) is 29.8 Å². The molecule has 1 aliphatic heterocycles. The number of carbonyl (C=O) groups excluding carboxylic acids is 3. The summed E-state index contributed by atoms with van der Waals surface area (Å²) in [7, 11) is 1.73. The number of aromatic nitrogens is 2. The van der Waals surface area contributed by atoms with Crippen molar-refractivity contribution in [2.24, 2.45) is 7.05 Å². The van der Waals surface area contributed by atoms with Gasteiger partial charge >= 0.3 is 0 Å². The lowest BCUT2D eigenvalue weighted by molar-refractivity contribution is -0.116. The van der Waals surface area contributed by atoms with Gasteiger partial charge in [0.2, 0.25) is 5.91 Å². The highest BCUT2D eigenvalue weighted by Crippen LogP contribution is 2.28. The summed E-state index contributed by atoms with van der Waals surface area (Å²) in [5.74, 6) is -0.483. The van der Waals surface area contributed by atoms with E-state index in [9.17, 15) is 14.4 Å². The Balaban J connectivity index is 1.53. The highest BCUT2D eigenvalue weighted by Gasteiger charge is 2.23. The molecule has 1 atom stereocenters. The molecular weight excluding hydrogens is 442 g/mol. The maximum atomic E-state index is 13.3. The van der Waals surface area contributed by atoms with Crippen LogP contribution in [0.1, 0.15) is 62.6 Å². The molecule has 0 bridgehead atoms. The first-order valence-electron chi connectivity index (χ1n) is 11.8. The molecule has 3 amide bonds. The minimum absolute atomic E-state index is 0.00180.